The lowest BCUT2D eigenvalue weighted by atomic mass is 10.1. The predicted octanol–water partition coefficient (Wildman–Crippen LogP) is 2.77. The highest BCUT2D eigenvalue weighted by atomic mass is 16.1. The second-order valence-electron chi connectivity index (χ2n) is 4.37. The molecule has 0 spiro atoms. The van der Waals surface area contributed by atoms with Crippen LogP contribution in [0.25, 0.3) is 10.9 Å². The Morgan fingerprint density at radius 2 is 2.16 bits per heavy atom. The molecule has 0 saturated heterocycles. The van der Waals surface area contributed by atoms with Crippen molar-refractivity contribution in [1.29, 1.82) is 0 Å². The number of rotatable bonds is 4. The molecule has 1 unspecified atom stereocenters. The minimum Gasteiger partial charge on any atom is -0.337 e. The second kappa shape index (κ2) is 6.01. The molecule has 1 aromatic heterocycles. The van der Waals surface area contributed by atoms with E-state index in [9.17, 15) is 4.79 Å². The minimum atomic E-state index is -0.231. The van der Waals surface area contributed by atoms with Crippen LogP contribution in [0, 0.1) is 12.3 Å². The highest BCUT2D eigenvalue weighted by Gasteiger charge is 2.12. The maximum Gasteiger partial charge on any atom is 0.270 e. The normalized spacial score (nSPS) is 11.8. The van der Waals surface area contributed by atoms with Crippen LogP contribution in [0.1, 0.15) is 30.3 Å². The van der Waals surface area contributed by atoms with Crippen LogP contribution in [-0.2, 0) is 0 Å². The number of carbonyl (C=O) groups is 1. The number of amides is 1. The topological polar surface area (TPSA) is 42.0 Å². The fourth-order valence-corrected chi connectivity index (χ4v) is 1.91. The van der Waals surface area contributed by atoms with Crippen LogP contribution in [0.15, 0.2) is 36.4 Å². The number of benzene rings is 1. The Bertz CT molecular complexity index is 628. The molecule has 3 heteroatoms. The van der Waals surface area contributed by atoms with E-state index in [0.717, 1.165) is 23.7 Å². The number of hydrogen-bond acceptors (Lipinski definition) is 2. The molecular weight excluding hydrogens is 236 g/mol. The van der Waals surface area contributed by atoms with Crippen molar-refractivity contribution < 1.29 is 4.79 Å². The van der Waals surface area contributed by atoms with E-state index in [2.05, 4.69) is 16.2 Å². The summed E-state index contributed by atoms with van der Waals surface area (Å²) in [6.07, 6.45) is 7.10. The van der Waals surface area contributed by atoms with Crippen LogP contribution in [0.3, 0.4) is 0 Å². The average molecular weight is 252 g/mol. The van der Waals surface area contributed by atoms with E-state index in [-0.39, 0.29) is 11.9 Å². The Hall–Kier alpha value is -2.34. The molecule has 0 aliphatic heterocycles. The zero-order valence-corrected chi connectivity index (χ0v) is 10.9. The van der Waals surface area contributed by atoms with E-state index in [1.165, 1.54) is 0 Å². The molecule has 0 fully saturated rings. The Morgan fingerprint density at radius 3 is 2.89 bits per heavy atom. The molecule has 1 atom stereocenters. The van der Waals surface area contributed by atoms with Crippen molar-refractivity contribution in [3.63, 3.8) is 0 Å². The summed E-state index contributed by atoms with van der Waals surface area (Å²) in [6, 6.07) is 11.1. The molecule has 1 amide bonds. The lowest BCUT2D eigenvalue weighted by molar-refractivity contribution is 0.0939. The zero-order chi connectivity index (χ0) is 13.7. The first-order chi connectivity index (χ1) is 9.24. The average Bonchev–Trinajstić information content (AvgIpc) is 2.46. The Kier molecular flexibility index (Phi) is 4.15. The van der Waals surface area contributed by atoms with Gasteiger partial charge in [-0.2, -0.15) is 0 Å². The number of terminal acetylenes is 1. The summed E-state index contributed by atoms with van der Waals surface area (Å²) in [5.74, 6) is 2.36. The van der Waals surface area contributed by atoms with Crippen LogP contribution in [0.4, 0.5) is 0 Å². The number of para-hydroxylation sites is 1. The summed E-state index contributed by atoms with van der Waals surface area (Å²) in [7, 11) is 0. The van der Waals surface area contributed by atoms with Gasteiger partial charge in [-0.15, -0.1) is 6.42 Å². The van der Waals surface area contributed by atoms with Gasteiger partial charge in [0.2, 0.25) is 0 Å². The highest BCUT2D eigenvalue weighted by Crippen LogP contribution is 2.11. The molecule has 96 valence electrons. The van der Waals surface area contributed by atoms with E-state index in [1.54, 1.807) is 6.07 Å². The minimum absolute atomic E-state index is 0.220. The Balaban J connectivity index is 2.19. The third-order valence-electron chi connectivity index (χ3n) is 2.91. The molecule has 2 rings (SSSR count). The first-order valence-electron chi connectivity index (χ1n) is 6.37. The van der Waals surface area contributed by atoms with Crippen molar-refractivity contribution in [2.24, 2.45) is 0 Å². The van der Waals surface area contributed by atoms with Gasteiger partial charge in [-0.3, -0.25) is 4.79 Å². The molecule has 1 aromatic carbocycles. The van der Waals surface area contributed by atoms with Gasteiger partial charge in [0.1, 0.15) is 5.69 Å². The monoisotopic (exact) mass is 252 g/mol. The molecule has 3 nitrogen and oxygen atoms in total. The van der Waals surface area contributed by atoms with E-state index >= 15 is 0 Å². The smallest absolute Gasteiger partial charge is 0.270 e. The molecule has 1 N–H and O–H groups in total. The van der Waals surface area contributed by atoms with Crippen LogP contribution >= 0.6 is 0 Å². The summed E-state index contributed by atoms with van der Waals surface area (Å²) < 4.78 is 0. The largest absolute Gasteiger partial charge is 0.337 e. The molecule has 19 heavy (non-hydrogen) atoms. The number of aromatic nitrogens is 1. The summed E-state index contributed by atoms with van der Waals surface area (Å²) in [5.41, 5.74) is 1.21. The van der Waals surface area contributed by atoms with Crippen LogP contribution < -0.4 is 5.32 Å². The van der Waals surface area contributed by atoms with Crippen molar-refractivity contribution in [1.82, 2.24) is 10.3 Å². The summed E-state index contributed by atoms with van der Waals surface area (Å²) in [4.78, 5) is 16.4. The number of carbonyl (C=O) groups excluding carboxylic acids is 1. The molecule has 0 radical (unpaired) electrons. The first-order valence-corrected chi connectivity index (χ1v) is 6.37. The van der Waals surface area contributed by atoms with Gasteiger partial charge in [0, 0.05) is 5.39 Å². The van der Waals surface area contributed by atoms with E-state index < -0.39 is 0 Å². The number of pyridine rings is 1. The number of nitrogens with one attached hydrogen (secondary N) is 1. The number of fused-ring (bicyclic) bond motifs is 1. The molecule has 2 aromatic rings. The van der Waals surface area contributed by atoms with E-state index in [0.29, 0.717) is 5.69 Å². The van der Waals surface area contributed by atoms with Gasteiger partial charge in [-0.05, 0) is 18.6 Å². The summed E-state index contributed by atoms with van der Waals surface area (Å²) in [6.45, 7) is 2.03. The third kappa shape index (κ3) is 3.11. The Morgan fingerprint density at radius 1 is 1.37 bits per heavy atom. The van der Waals surface area contributed by atoms with Crippen LogP contribution in [0.5, 0.6) is 0 Å². The SMILES string of the molecule is C#CC(CCC)NC(=O)c1ccc2ccccc2n1. The summed E-state index contributed by atoms with van der Waals surface area (Å²) >= 11 is 0. The van der Waals surface area contributed by atoms with Crippen molar-refractivity contribution in [3.05, 3.63) is 42.1 Å². The van der Waals surface area contributed by atoms with Crippen LogP contribution in [0.2, 0.25) is 0 Å². The maximum absolute atomic E-state index is 12.1. The van der Waals surface area contributed by atoms with Gasteiger partial charge in [-0.25, -0.2) is 4.98 Å². The predicted molar refractivity (Wildman–Crippen MR) is 76.7 cm³/mol. The molecule has 0 aliphatic rings. The number of hydrogen-bond donors (Lipinski definition) is 1. The molecule has 0 aliphatic carbocycles. The van der Waals surface area contributed by atoms with Crippen LogP contribution in [-0.4, -0.2) is 16.9 Å². The quantitative estimate of drug-likeness (QED) is 0.850. The van der Waals surface area contributed by atoms with Crippen molar-refractivity contribution in [3.8, 4) is 12.3 Å². The van der Waals surface area contributed by atoms with Crippen molar-refractivity contribution >= 4 is 16.8 Å². The lowest BCUT2D eigenvalue weighted by Crippen LogP contribution is -2.34. The molecule has 1 heterocycles. The fourth-order valence-electron chi connectivity index (χ4n) is 1.91. The molecule has 0 bridgehead atoms. The first kappa shape index (κ1) is 13.1. The lowest BCUT2D eigenvalue weighted by Gasteiger charge is -2.11. The van der Waals surface area contributed by atoms with Gasteiger partial charge < -0.3 is 5.32 Å². The van der Waals surface area contributed by atoms with Gasteiger partial charge in [0.15, 0.2) is 0 Å². The summed E-state index contributed by atoms with van der Waals surface area (Å²) in [5, 5.41) is 3.83. The highest BCUT2D eigenvalue weighted by molar-refractivity contribution is 5.95. The van der Waals surface area contributed by atoms with Gasteiger partial charge in [0.25, 0.3) is 5.91 Å². The Labute approximate surface area is 113 Å². The second-order valence-corrected chi connectivity index (χ2v) is 4.37. The molecule has 0 saturated carbocycles. The standard InChI is InChI=1S/C16H16N2O/c1-3-7-13(4-2)17-16(19)15-11-10-12-8-5-6-9-14(12)18-15/h2,5-6,8-11,13H,3,7H2,1H3,(H,17,19). The van der Waals surface area contributed by atoms with Gasteiger partial charge >= 0.3 is 0 Å². The van der Waals surface area contributed by atoms with Crippen molar-refractivity contribution in [2.75, 3.05) is 0 Å². The zero-order valence-electron chi connectivity index (χ0n) is 10.9. The van der Waals surface area contributed by atoms with Gasteiger partial charge in [0.05, 0.1) is 11.6 Å². The van der Waals surface area contributed by atoms with Gasteiger partial charge in [-0.1, -0.05) is 43.5 Å². The molecular formula is C16H16N2O. The van der Waals surface area contributed by atoms with E-state index in [4.69, 9.17) is 6.42 Å². The maximum atomic E-state index is 12.1. The third-order valence-corrected chi connectivity index (χ3v) is 2.91. The fraction of sp³-hybridized carbons (Fsp3) is 0.250. The van der Waals surface area contributed by atoms with Crippen molar-refractivity contribution in [2.45, 2.75) is 25.8 Å². The van der Waals surface area contributed by atoms with E-state index in [1.807, 2.05) is 37.3 Å². The number of nitrogens with zero attached hydrogens (tertiary/aromatic N) is 1.